The van der Waals surface area contributed by atoms with Crippen molar-refractivity contribution in [3.63, 3.8) is 0 Å². The topological polar surface area (TPSA) is 84.1 Å². The first-order chi connectivity index (χ1) is 6.63. The number of hydrogen-bond donors (Lipinski definition) is 3. The highest BCUT2D eigenvalue weighted by Crippen LogP contribution is 2.12. The van der Waals surface area contributed by atoms with Crippen LogP contribution in [-0.2, 0) is 0 Å². The third-order valence-electron chi connectivity index (χ3n) is 1.94. The zero-order valence-electron chi connectivity index (χ0n) is 8.49. The molecule has 1 rings (SSSR count). The van der Waals surface area contributed by atoms with Crippen LogP contribution in [-0.4, -0.2) is 27.7 Å². The highest BCUT2D eigenvalue weighted by atomic mass is 16.3. The van der Waals surface area contributed by atoms with E-state index in [1.165, 1.54) is 0 Å². The van der Waals surface area contributed by atoms with Crippen molar-refractivity contribution in [2.24, 2.45) is 0 Å². The molecule has 1 aromatic heterocycles. The number of aliphatic hydroxyl groups is 1. The summed E-state index contributed by atoms with van der Waals surface area (Å²) < 4.78 is 0. The molecule has 0 saturated heterocycles. The number of nitrogens with two attached hydrogens (primary N) is 1. The van der Waals surface area contributed by atoms with Crippen molar-refractivity contribution in [2.45, 2.75) is 26.3 Å². The lowest BCUT2D eigenvalue weighted by Crippen LogP contribution is -2.18. The summed E-state index contributed by atoms with van der Waals surface area (Å²) in [6, 6.07) is 0.174. The van der Waals surface area contributed by atoms with Crippen molar-refractivity contribution in [3.8, 4) is 0 Å². The maximum atomic E-state index is 8.74. The van der Waals surface area contributed by atoms with E-state index in [-0.39, 0.29) is 18.6 Å². The van der Waals surface area contributed by atoms with Crippen LogP contribution in [0.3, 0.4) is 0 Å². The summed E-state index contributed by atoms with van der Waals surface area (Å²) in [5.41, 5.74) is 6.41. The Balaban J connectivity index is 2.70. The molecule has 0 aliphatic heterocycles. The zero-order valence-corrected chi connectivity index (χ0v) is 8.49. The van der Waals surface area contributed by atoms with Crippen LogP contribution in [0.15, 0.2) is 6.20 Å². The van der Waals surface area contributed by atoms with Crippen LogP contribution in [0.2, 0.25) is 0 Å². The quantitative estimate of drug-likeness (QED) is 0.655. The minimum absolute atomic E-state index is 0.160. The Kier molecular flexibility index (Phi) is 3.64. The summed E-state index contributed by atoms with van der Waals surface area (Å²) >= 11 is 0. The normalized spacial score (nSPS) is 12.5. The van der Waals surface area contributed by atoms with Gasteiger partial charge < -0.3 is 16.2 Å². The van der Waals surface area contributed by atoms with E-state index in [4.69, 9.17) is 10.8 Å². The maximum Gasteiger partial charge on any atom is 0.221 e. The van der Waals surface area contributed by atoms with Crippen molar-refractivity contribution in [3.05, 3.63) is 11.8 Å². The summed E-state index contributed by atoms with van der Waals surface area (Å²) in [6.07, 6.45) is 2.36. The molecule has 1 aromatic rings. The predicted octanol–water partition coefficient (Wildman–Crippen LogP) is 0.550. The molecule has 0 radical (unpaired) electrons. The lowest BCUT2D eigenvalue weighted by Gasteiger charge is -2.14. The fourth-order valence-corrected chi connectivity index (χ4v) is 1.10. The predicted molar refractivity (Wildman–Crippen MR) is 56.0 cm³/mol. The third kappa shape index (κ3) is 2.85. The lowest BCUT2D eigenvalue weighted by atomic mass is 10.2. The SMILES string of the molecule is Cc1cnc(N)nc1NC(C)CCO. The van der Waals surface area contributed by atoms with Crippen molar-refractivity contribution in [1.29, 1.82) is 0 Å². The van der Waals surface area contributed by atoms with Gasteiger partial charge in [-0.1, -0.05) is 0 Å². The van der Waals surface area contributed by atoms with E-state index in [0.717, 1.165) is 11.4 Å². The van der Waals surface area contributed by atoms with Crippen LogP contribution in [0, 0.1) is 6.92 Å². The molecule has 4 N–H and O–H groups in total. The van der Waals surface area contributed by atoms with E-state index in [2.05, 4.69) is 15.3 Å². The van der Waals surface area contributed by atoms with E-state index in [1.54, 1.807) is 6.20 Å². The van der Waals surface area contributed by atoms with E-state index >= 15 is 0 Å². The number of aromatic nitrogens is 2. The second kappa shape index (κ2) is 4.76. The average Bonchev–Trinajstić information content (AvgIpc) is 2.12. The van der Waals surface area contributed by atoms with Gasteiger partial charge in [-0.05, 0) is 20.3 Å². The van der Waals surface area contributed by atoms with E-state index in [9.17, 15) is 0 Å². The van der Waals surface area contributed by atoms with Crippen LogP contribution in [0.4, 0.5) is 11.8 Å². The molecule has 0 aliphatic carbocycles. The molecular formula is C9H16N4O. The Bertz CT molecular complexity index is 303. The minimum Gasteiger partial charge on any atom is -0.396 e. The van der Waals surface area contributed by atoms with Crippen LogP contribution in [0.5, 0.6) is 0 Å². The fourth-order valence-electron chi connectivity index (χ4n) is 1.10. The van der Waals surface area contributed by atoms with E-state index < -0.39 is 0 Å². The van der Waals surface area contributed by atoms with Gasteiger partial charge in [0.2, 0.25) is 5.95 Å². The third-order valence-corrected chi connectivity index (χ3v) is 1.94. The summed E-state index contributed by atoms with van der Waals surface area (Å²) in [6.45, 7) is 4.05. The molecular weight excluding hydrogens is 180 g/mol. The van der Waals surface area contributed by atoms with Gasteiger partial charge in [-0.15, -0.1) is 0 Å². The van der Waals surface area contributed by atoms with E-state index in [1.807, 2.05) is 13.8 Å². The number of anilines is 2. The molecule has 0 amide bonds. The summed E-state index contributed by atoms with van der Waals surface area (Å²) in [7, 11) is 0. The van der Waals surface area contributed by atoms with Gasteiger partial charge >= 0.3 is 0 Å². The second-order valence-electron chi connectivity index (χ2n) is 3.32. The fraction of sp³-hybridized carbons (Fsp3) is 0.556. The summed E-state index contributed by atoms with van der Waals surface area (Å²) in [4.78, 5) is 7.94. The Morgan fingerprint density at radius 2 is 2.36 bits per heavy atom. The van der Waals surface area contributed by atoms with Crippen LogP contribution >= 0.6 is 0 Å². The summed E-state index contributed by atoms with van der Waals surface area (Å²) in [5.74, 6) is 0.993. The average molecular weight is 196 g/mol. The van der Waals surface area contributed by atoms with Gasteiger partial charge in [-0.3, -0.25) is 0 Å². The van der Waals surface area contributed by atoms with Crippen LogP contribution < -0.4 is 11.1 Å². The molecule has 0 aliphatic rings. The first-order valence-electron chi connectivity index (χ1n) is 4.60. The highest BCUT2D eigenvalue weighted by molar-refractivity contribution is 5.45. The number of nitrogen functional groups attached to an aromatic ring is 1. The standard InChI is InChI=1S/C9H16N4O/c1-6-5-11-9(10)13-8(6)12-7(2)3-4-14/h5,7,14H,3-4H2,1-2H3,(H3,10,11,12,13). The Hall–Kier alpha value is -1.36. The van der Waals surface area contributed by atoms with Gasteiger partial charge in [0.1, 0.15) is 5.82 Å². The smallest absolute Gasteiger partial charge is 0.221 e. The molecule has 5 nitrogen and oxygen atoms in total. The van der Waals surface area contributed by atoms with Gasteiger partial charge in [0.05, 0.1) is 0 Å². The van der Waals surface area contributed by atoms with Crippen molar-refractivity contribution in [1.82, 2.24) is 9.97 Å². The molecule has 0 bridgehead atoms. The lowest BCUT2D eigenvalue weighted by molar-refractivity contribution is 0.282. The Morgan fingerprint density at radius 3 is 3.00 bits per heavy atom. The van der Waals surface area contributed by atoms with Gasteiger partial charge in [0, 0.05) is 24.4 Å². The summed E-state index contributed by atoms with van der Waals surface area (Å²) in [5, 5.41) is 11.9. The number of rotatable bonds is 4. The Morgan fingerprint density at radius 1 is 1.64 bits per heavy atom. The zero-order chi connectivity index (χ0) is 10.6. The van der Waals surface area contributed by atoms with Gasteiger partial charge in [0.25, 0.3) is 0 Å². The number of hydrogen-bond acceptors (Lipinski definition) is 5. The number of aliphatic hydroxyl groups excluding tert-OH is 1. The van der Waals surface area contributed by atoms with Crippen LogP contribution in [0.1, 0.15) is 18.9 Å². The van der Waals surface area contributed by atoms with Crippen molar-refractivity contribution < 1.29 is 5.11 Å². The highest BCUT2D eigenvalue weighted by Gasteiger charge is 2.05. The largest absolute Gasteiger partial charge is 0.396 e. The molecule has 0 spiro atoms. The van der Waals surface area contributed by atoms with Gasteiger partial charge in [-0.25, -0.2) is 4.98 Å². The number of nitrogens with one attached hydrogen (secondary N) is 1. The van der Waals surface area contributed by atoms with Crippen LogP contribution in [0.25, 0.3) is 0 Å². The van der Waals surface area contributed by atoms with Crippen molar-refractivity contribution in [2.75, 3.05) is 17.7 Å². The molecule has 0 fully saturated rings. The number of nitrogens with zero attached hydrogens (tertiary/aromatic N) is 2. The maximum absolute atomic E-state index is 8.74. The molecule has 1 atom stereocenters. The number of aryl methyl sites for hydroxylation is 1. The first-order valence-corrected chi connectivity index (χ1v) is 4.60. The Labute approximate surface area is 83.4 Å². The molecule has 1 heterocycles. The second-order valence-corrected chi connectivity index (χ2v) is 3.32. The van der Waals surface area contributed by atoms with Gasteiger partial charge in [0.15, 0.2) is 0 Å². The molecule has 0 saturated carbocycles. The molecule has 14 heavy (non-hydrogen) atoms. The van der Waals surface area contributed by atoms with Gasteiger partial charge in [-0.2, -0.15) is 4.98 Å². The first kappa shape index (κ1) is 10.7. The van der Waals surface area contributed by atoms with Crippen molar-refractivity contribution >= 4 is 11.8 Å². The molecule has 5 heteroatoms. The molecule has 0 aromatic carbocycles. The monoisotopic (exact) mass is 196 g/mol. The molecule has 1 unspecified atom stereocenters. The minimum atomic E-state index is 0.160. The van der Waals surface area contributed by atoms with E-state index in [0.29, 0.717) is 6.42 Å². The molecule has 78 valence electrons.